The monoisotopic (exact) mass is 330 g/mol. The van der Waals surface area contributed by atoms with Crippen molar-refractivity contribution in [1.29, 1.82) is 0 Å². The van der Waals surface area contributed by atoms with E-state index in [1.54, 1.807) is 0 Å². The van der Waals surface area contributed by atoms with Crippen molar-refractivity contribution < 1.29 is 32.2 Å². The van der Waals surface area contributed by atoms with E-state index >= 15 is 0 Å². The van der Waals surface area contributed by atoms with E-state index in [1.807, 2.05) is 0 Å². The predicted molar refractivity (Wildman–Crippen MR) is 56.7 cm³/mol. The molecule has 0 saturated carbocycles. The summed E-state index contributed by atoms with van der Waals surface area (Å²) in [7, 11) is -5.00. The molecule has 1 aromatic rings. The largest absolute Gasteiger partial charge is 0.454 e. The molecule has 1 aromatic carbocycles. The molecule has 0 fully saturated rings. The highest BCUT2D eigenvalue weighted by Gasteiger charge is 2.35. The first-order chi connectivity index (χ1) is 7.90. The molecule has 0 bridgehead atoms. The first-order valence-electron chi connectivity index (χ1n) is 4.29. The van der Waals surface area contributed by atoms with Crippen LogP contribution in [0.5, 0.6) is 17.2 Å². The van der Waals surface area contributed by atoms with Gasteiger partial charge in [0.1, 0.15) is 5.75 Å². The average Bonchev–Trinajstić information content (AvgIpc) is 2.64. The summed E-state index contributed by atoms with van der Waals surface area (Å²) in [6, 6.07) is 2.61. The topological polar surface area (TPSA) is 65.0 Å². The summed E-state index contributed by atoms with van der Waals surface area (Å²) in [6.07, 6.45) is -3.47. The number of hydrogen-bond donors (Lipinski definition) is 1. The molecule has 1 N–H and O–H groups in total. The van der Waals surface area contributed by atoms with E-state index < -0.39 is 13.8 Å². The Morgan fingerprint density at radius 2 is 2.00 bits per heavy atom. The van der Waals surface area contributed by atoms with Crippen LogP contribution < -0.4 is 14.0 Å². The Bertz CT molecular complexity index is 495. The van der Waals surface area contributed by atoms with Gasteiger partial charge in [0.15, 0.2) is 11.5 Å². The first kappa shape index (κ1) is 12.6. The van der Waals surface area contributed by atoms with Gasteiger partial charge in [0.25, 0.3) is 0 Å². The molecule has 0 amide bonds. The minimum absolute atomic E-state index is 0.00312. The van der Waals surface area contributed by atoms with Gasteiger partial charge in [-0.1, -0.05) is 0 Å². The first-order valence-corrected chi connectivity index (χ1v) is 6.73. The van der Waals surface area contributed by atoms with E-state index in [2.05, 4.69) is 20.5 Å². The van der Waals surface area contributed by atoms with E-state index in [9.17, 15) is 13.3 Å². The molecule has 5 nitrogen and oxygen atoms in total. The summed E-state index contributed by atoms with van der Waals surface area (Å²) in [4.78, 5) is 8.91. The molecule has 2 rings (SSSR count). The Kier molecular flexibility index (Phi) is 3.29. The van der Waals surface area contributed by atoms with E-state index in [0.717, 1.165) is 0 Å². The molecule has 0 aromatic heterocycles. The van der Waals surface area contributed by atoms with Crippen LogP contribution in [0.4, 0.5) is 8.78 Å². The van der Waals surface area contributed by atoms with Gasteiger partial charge in [-0.25, -0.2) is 4.57 Å². The van der Waals surface area contributed by atoms with Crippen LogP contribution in [0.2, 0.25) is 0 Å². The maximum atomic E-state index is 12.2. The Balaban J connectivity index is 2.31. The minimum atomic E-state index is -5.00. The third-order valence-electron chi connectivity index (χ3n) is 1.90. The molecule has 94 valence electrons. The summed E-state index contributed by atoms with van der Waals surface area (Å²) >= 11 is 3.01. The standard InChI is InChI=1S/C8H6BrF2O5P/c9-4-1-6-7(15-3-14-6)2-5(4)16-17(12,13)8(10)11/h1-2,8H,3H2,(H,12,13). The number of alkyl halides is 2. The number of hydrogen-bond acceptors (Lipinski definition) is 4. The van der Waals surface area contributed by atoms with Crippen molar-refractivity contribution >= 4 is 23.5 Å². The molecule has 1 unspecified atom stereocenters. The maximum Gasteiger partial charge on any atom is 0.442 e. The van der Waals surface area contributed by atoms with Crippen LogP contribution in [0.3, 0.4) is 0 Å². The van der Waals surface area contributed by atoms with Gasteiger partial charge in [0.2, 0.25) is 6.79 Å². The Labute approximate surface area is 103 Å². The lowest BCUT2D eigenvalue weighted by Crippen LogP contribution is -2.01. The molecule has 1 aliphatic heterocycles. The van der Waals surface area contributed by atoms with Gasteiger partial charge >= 0.3 is 13.8 Å². The van der Waals surface area contributed by atoms with Crippen molar-refractivity contribution in [1.82, 2.24) is 0 Å². The molecule has 1 aliphatic rings. The maximum absolute atomic E-state index is 12.2. The van der Waals surface area contributed by atoms with Crippen LogP contribution in [0.1, 0.15) is 0 Å². The molecular formula is C8H6BrF2O5P. The Hall–Kier alpha value is -0.850. The highest BCUT2D eigenvalue weighted by atomic mass is 79.9. The fraction of sp³-hybridized carbons (Fsp3) is 0.250. The van der Waals surface area contributed by atoms with Crippen molar-refractivity contribution in [3.05, 3.63) is 16.6 Å². The van der Waals surface area contributed by atoms with Crippen LogP contribution in [0.15, 0.2) is 16.6 Å². The number of ether oxygens (including phenoxy) is 2. The lowest BCUT2D eigenvalue weighted by molar-refractivity contribution is 0.173. The van der Waals surface area contributed by atoms with Crippen molar-refractivity contribution in [2.75, 3.05) is 6.79 Å². The molecule has 9 heteroatoms. The Morgan fingerprint density at radius 3 is 2.59 bits per heavy atom. The molecule has 0 aliphatic carbocycles. The van der Waals surface area contributed by atoms with Gasteiger partial charge in [0.05, 0.1) is 4.47 Å². The zero-order valence-electron chi connectivity index (χ0n) is 8.10. The number of benzene rings is 1. The van der Waals surface area contributed by atoms with Crippen molar-refractivity contribution in [2.45, 2.75) is 6.17 Å². The summed E-state index contributed by atoms with van der Waals surface area (Å²) in [5.74, 6) is 0.451. The van der Waals surface area contributed by atoms with Crippen molar-refractivity contribution in [3.63, 3.8) is 0 Å². The van der Waals surface area contributed by atoms with Gasteiger partial charge in [-0.3, -0.25) is 0 Å². The third kappa shape index (κ3) is 2.53. The molecule has 1 heterocycles. The van der Waals surface area contributed by atoms with E-state index in [0.29, 0.717) is 5.75 Å². The highest BCUT2D eigenvalue weighted by Crippen LogP contribution is 2.52. The second-order valence-corrected chi connectivity index (χ2v) is 5.62. The van der Waals surface area contributed by atoms with Gasteiger partial charge in [0, 0.05) is 12.1 Å². The summed E-state index contributed by atoms with van der Waals surface area (Å²) in [5, 5.41) is 0. The van der Waals surface area contributed by atoms with E-state index in [-0.39, 0.29) is 22.8 Å². The summed E-state index contributed by atoms with van der Waals surface area (Å²) < 4.78 is 50.0. The minimum Gasteiger partial charge on any atom is -0.454 e. The fourth-order valence-corrected chi connectivity index (χ4v) is 2.19. The zero-order chi connectivity index (χ0) is 12.6. The van der Waals surface area contributed by atoms with Gasteiger partial charge in [-0.2, -0.15) is 8.78 Å². The van der Waals surface area contributed by atoms with E-state index in [4.69, 9.17) is 14.4 Å². The summed E-state index contributed by atoms with van der Waals surface area (Å²) in [6.45, 7) is -0.00312. The second-order valence-electron chi connectivity index (χ2n) is 3.07. The van der Waals surface area contributed by atoms with Crippen LogP contribution >= 0.6 is 23.5 Å². The number of halogens is 3. The molecule has 17 heavy (non-hydrogen) atoms. The summed E-state index contributed by atoms with van der Waals surface area (Å²) in [5.41, 5.74) is 0. The third-order valence-corrected chi connectivity index (χ3v) is 3.47. The molecule has 1 atom stereocenters. The second kappa shape index (κ2) is 4.44. The van der Waals surface area contributed by atoms with Gasteiger partial charge in [-0.05, 0) is 15.9 Å². The van der Waals surface area contributed by atoms with E-state index in [1.165, 1.54) is 12.1 Å². The molecular weight excluding hydrogens is 325 g/mol. The van der Waals surface area contributed by atoms with Crippen molar-refractivity contribution in [2.24, 2.45) is 0 Å². The Morgan fingerprint density at radius 1 is 1.41 bits per heavy atom. The number of rotatable bonds is 3. The number of fused-ring (bicyclic) bond motifs is 1. The SMILES string of the molecule is O=P(O)(Oc1cc2c(cc1Br)OCO2)C(F)F. The lowest BCUT2D eigenvalue weighted by Gasteiger charge is -2.13. The van der Waals surface area contributed by atoms with Crippen molar-refractivity contribution in [3.8, 4) is 17.2 Å². The predicted octanol–water partition coefficient (Wildman–Crippen LogP) is 2.96. The smallest absolute Gasteiger partial charge is 0.442 e. The normalized spacial score (nSPS) is 17.0. The van der Waals surface area contributed by atoms with Crippen LogP contribution in [0, 0.1) is 0 Å². The van der Waals surface area contributed by atoms with Gasteiger partial charge in [-0.15, -0.1) is 0 Å². The fourth-order valence-electron chi connectivity index (χ4n) is 1.15. The molecule has 0 radical (unpaired) electrons. The lowest BCUT2D eigenvalue weighted by atomic mass is 10.3. The van der Waals surface area contributed by atoms with Crippen LogP contribution in [-0.2, 0) is 4.57 Å². The van der Waals surface area contributed by atoms with Crippen LogP contribution in [0.25, 0.3) is 0 Å². The molecule has 0 saturated heterocycles. The quantitative estimate of drug-likeness (QED) is 0.863. The average molecular weight is 331 g/mol. The molecule has 0 spiro atoms. The highest BCUT2D eigenvalue weighted by molar-refractivity contribution is 9.10. The zero-order valence-corrected chi connectivity index (χ0v) is 10.6. The van der Waals surface area contributed by atoms with Crippen LogP contribution in [-0.4, -0.2) is 17.9 Å². The van der Waals surface area contributed by atoms with Gasteiger partial charge < -0.3 is 18.9 Å².